The van der Waals surface area contributed by atoms with Gasteiger partial charge in [-0.3, -0.25) is 4.90 Å². The third kappa shape index (κ3) is 2.93. The largest absolute Gasteiger partial charge is 0.389 e. The number of thiophene rings is 1. The first-order chi connectivity index (χ1) is 9.68. The van der Waals surface area contributed by atoms with Crippen LogP contribution in [-0.2, 0) is 11.3 Å². The zero-order chi connectivity index (χ0) is 14.0. The van der Waals surface area contributed by atoms with Gasteiger partial charge in [0.15, 0.2) is 0 Å². The molecule has 112 valence electrons. The summed E-state index contributed by atoms with van der Waals surface area (Å²) in [6.45, 7) is 6.90. The zero-order valence-corrected chi connectivity index (χ0v) is 13.1. The second-order valence-electron chi connectivity index (χ2n) is 6.34. The lowest BCUT2D eigenvalue weighted by Crippen LogP contribution is -2.55. The molecule has 0 radical (unpaired) electrons. The summed E-state index contributed by atoms with van der Waals surface area (Å²) >= 11 is 1.83. The summed E-state index contributed by atoms with van der Waals surface area (Å²) in [6.07, 6.45) is 2.95. The Morgan fingerprint density at radius 1 is 1.45 bits per heavy atom. The van der Waals surface area contributed by atoms with E-state index in [9.17, 15) is 5.11 Å². The molecule has 20 heavy (non-hydrogen) atoms. The van der Waals surface area contributed by atoms with Gasteiger partial charge < -0.3 is 9.84 Å². The molecule has 2 fully saturated rings. The molecule has 0 saturated carbocycles. The van der Waals surface area contributed by atoms with Crippen LogP contribution < -0.4 is 0 Å². The van der Waals surface area contributed by atoms with E-state index in [1.807, 2.05) is 11.3 Å². The summed E-state index contributed by atoms with van der Waals surface area (Å²) in [7, 11) is 0. The van der Waals surface area contributed by atoms with Crippen LogP contribution in [0.1, 0.15) is 31.1 Å². The number of piperidine rings is 1. The van der Waals surface area contributed by atoms with Gasteiger partial charge in [-0.05, 0) is 42.5 Å². The first-order valence-corrected chi connectivity index (χ1v) is 8.61. The summed E-state index contributed by atoms with van der Waals surface area (Å²) in [4.78, 5) is 3.92. The Labute approximate surface area is 125 Å². The highest BCUT2D eigenvalue weighted by Crippen LogP contribution is 2.39. The van der Waals surface area contributed by atoms with Gasteiger partial charge in [-0.1, -0.05) is 13.0 Å². The van der Waals surface area contributed by atoms with Crippen molar-refractivity contribution in [3.05, 3.63) is 22.4 Å². The van der Waals surface area contributed by atoms with Crippen LogP contribution in [0.3, 0.4) is 0 Å². The molecule has 0 unspecified atom stereocenters. The summed E-state index contributed by atoms with van der Waals surface area (Å²) in [5, 5.41) is 13.3. The van der Waals surface area contributed by atoms with Crippen molar-refractivity contribution in [2.75, 3.05) is 26.3 Å². The minimum atomic E-state index is -0.476. The fourth-order valence-corrected chi connectivity index (χ4v) is 4.54. The molecule has 1 N–H and O–H groups in total. The highest BCUT2D eigenvalue weighted by atomic mass is 32.1. The van der Waals surface area contributed by atoms with Crippen LogP contribution in [0.25, 0.3) is 0 Å². The van der Waals surface area contributed by atoms with E-state index in [-0.39, 0.29) is 0 Å². The molecule has 0 spiro atoms. The Bertz CT molecular complexity index is 416. The van der Waals surface area contributed by atoms with Crippen LogP contribution in [-0.4, -0.2) is 41.9 Å². The number of aliphatic hydroxyl groups is 1. The third-order valence-corrected chi connectivity index (χ3v) is 5.96. The third-order valence-electron chi connectivity index (χ3n) is 5.10. The Morgan fingerprint density at radius 3 is 2.90 bits per heavy atom. The minimum absolute atomic E-state index is 0.347. The standard InChI is InChI=1S/C16H25NO2S/c1-13-11-17(12-15-3-2-10-20-15)7-6-16(13,18)14-4-8-19-9-5-14/h2-3,10,13-14,18H,4-9,11-12H2,1H3/t13-,16+/m1/s1. The van der Waals surface area contributed by atoms with Gasteiger partial charge in [-0.2, -0.15) is 0 Å². The summed E-state index contributed by atoms with van der Waals surface area (Å²) < 4.78 is 5.44. The Morgan fingerprint density at radius 2 is 2.25 bits per heavy atom. The summed E-state index contributed by atoms with van der Waals surface area (Å²) in [6, 6.07) is 4.32. The Hall–Kier alpha value is -0.420. The molecule has 2 atom stereocenters. The van der Waals surface area contributed by atoms with Crippen LogP contribution in [0, 0.1) is 11.8 Å². The van der Waals surface area contributed by atoms with Crippen molar-refractivity contribution >= 4 is 11.3 Å². The van der Waals surface area contributed by atoms with Crippen molar-refractivity contribution < 1.29 is 9.84 Å². The van der Waals surface area contributed by atoms with E-state index < -0.39 is 5.60 Å². The number of likely N-dealkylation sites (tertiary alicyclic amines) is 1. The monoisotopic (exact) mass is 295 g/mol. The minimum Gasteiger partial charge on any atom is -0.389 e. The molecule has 3 heterocycles. The van der Waals surface area contributed by atoms with E-state index in [2.05, 4.69) is 29.3 Å². The van der Waals surface area contributed by atoms with E-state index in [1.165, 1.54) is 4.88 Å². The Kier molecular flexibility index (Phi) is 4.46. The first-order valence-electron chi connectivity index (χ1n) is 7.73. The molecule has 2 aliphatic heterocycles. The molecule has 1 aromatic heterocycles. The summed E-state index contributed by atoms with van der Waals surface area (Å²) in [5.41, 5.74) is -0.476. The average molecular weight is 295 g/mol. The van der Waals surface area contributed by atoms with Gasteiger partial charge in [0, 0.05) is 37.7 Å². The number of nitrogens with zero attached hydrogens (tertiary/aromatic N) is 1. The maximum Gasteiger partial charge on any atom is 0.0727 e. The fraction of sp³-hybridized carbons (Fsp3) is 0.750. The number of hydrogen-bond acceptors (Lipinski definition) is 4. The van der Waals surface area contributed by atoms with Gasteiger partial charge in [-0.15, -0.1) is 11.3 Å². The molecule has 4 heteroatoms. The lowest BCUT2D eigenvalue weighted by Gasteiger charge is -2.48. The van der Waals surface area contributed by atoms with Gasteiger partial charge in [0.05, 0.1) is 5.60 Å². The highest BCUT2D eigenvalue weighted by Gasteiger charge is 2.45. The van der Waals surface area contributed by atoms with Gasteiger partial charge in [0.1, 0.15) is 0 Å². The predicted octanol–water partition coefficient (Wildman–Crippen LogP) is 2.75. The molecule has 0 aromatic carbocycles. The molecule has 3 nitrogen and oxygen atoms in total. The molecule has 1 aromatic rings. The number of rotatable bonds is 3. The van der Waals surface area contributed by atoms with Gasteiger partial charge in [0.25, 0.3) is 0 Å². The molecule has 2 aliphatic rings. The van der Waals surface area contributed by atoms with Crippen molar-refractivity contribution in [1.82, 2.24) is 4.90 Å². The Balaban J connectivity index is 1.60. The first kappa shape index (κ1) is 14.5. The van der Waals surface area contributed by atoms with E-state index in [0.717, 1.165) is 52.1 Å². The predicted molar refractivity (Wildman–Crippen MR) is 81.9 cm³/mol. The molecular weight excluding hydrogens is 270 g/mol. The summed E-state index contributed by atoms with van der Waals surface area (Å²) in [5.74, 6) is 0.773. The molecule has 3 rings (SSSR count). The maximum absolute atomic E-state index is 11.1. The number of ether oxygens (including phenoxy) is 1. The number of hydrogen-bond donors (Lipinski definition) is 1. The molecule has 0 aliphatic carbocycles. The van der Waals surface area contributed by atoms with Gasteiger partial charge in [-0.25, -0.2) is 0 Å². The van der Waals surface area contributed by atoms with Crippen molar-refractivity contribution in [1.29, 1.82) is 0 Å². The fourth-order valence-electron chi connectivity index (χ4n) is 3.79. The van der Waals surface area contributed by atoms with Crippen molar-refractivity contribution in [2.45, 2.75) is 38.3 Å². The van der Waals surface area contributed by atoms with Crippen LogP contribution in [0.4, 0.5) is 0 Å². The SMILES string of the molecule is C[C@@H]1CN(Cc2cccs2)CC[C@@]1(O)C1CCOCC1. The van der Waals surface area contributed by atoms with E-state index in [0.29, 0.717) is 11.8 Å². The van der Waals surface area contributed by atoms with Crippen LogP contribution in [0.2, 0.25) is 0 Å². The van der Waals surface area contributed by atoms with E-state index >= 15 is 0 Å². The van der Waals surface area contributed by atoms with Gasteiger partial charge in [0.2, 0.25) is 0 Å². The maximum atomic E-state index is 11.1. The smallest absolute Gasteiger partial charge is 0.0727 e. The van der Waals surface area contributed by atoms with Gasteiger partial charge >= 0.3 is 0 Å². The quantitative estimate of drug-likeness (QED) is 0.931. The van der Waals surface area contributed by atoms with E-state index in [4.69, 9.17) is 4.74 Å². The van der Waals surface area contributed by atoms with Crippen LogP contribution in [0.5, 0.6) is 0 Å². The van der Waals surface area contributed by atoms with Crippen molar-refractivity contribution in [3.8, 4) is 0 Å². The average Bonchev–Trinajstić information content (AvgIpc) is 2.97. The zero-order valence-electron chi connectivity index (χ0n) is 12.3. The topological polar surface area (TPSA) is 32.7 Å². The molecular formula is C16H25NO2S. The molecule has 0 amide bonds. The normalized spacial score (nSPS) is 33.4. The lowest BCUT2D eigenvalue weighted by atomic mass is 9.70. The second-order valence-corrected chi connectivity index (χ2v) is 7.38. The lowest BCUT2D eigenvalue weighted by molar-refractivity contribution is -0.131. The van der Waals surface area contributed by atoms with Crippen LogP contribution >= 0.6 is 11.3 Å². The van der Waals surface area contributed by atoms with Crippen LogP contribution in [0.15, 0.2) is 17.5 Å². The highest BCUT2D eigenvalue weighted by molar-refractivity contribution is 7.09. The second kappa shape index (κ2) is 6.14. The molecule has 2 saturated heterocycles. The molecule has 0 bridgehead atoms. The van der Waals surface area contributed by atoms with Crippen molar-refractivity contribution in [3.63, 3.8) is 0 Å². The van der Waals surface area contributed by atoms with Crippen molar-refractivity contribution in [2.24, 2.45) is 11.8 Å². The van der Waals surface area contributed by atoms with E-state index in [1.54, 1.807) is 0 Å².